The summed E-state index contributed by atoms with van der Waals surface area (Å²) < 4.78 is 12.7. The third-order valence-corrected chi connectivity index (χ3v) is 3.00. The average Bonchev–Trinajstić information content (AvgIpc) is 2.23. The molecule has 1 amide bonds. The van der Waals surface area contributed by atoms with Gasteiger partial charge in [-0.15, -0.1) is 0 Å². The number of halogens is 1. The highest BCUT2D eigenvalue weighted by Crippen LogP contribution is 2.27. The first-order valence-corrected chi connectivity index (χ1v) is 5.16. The number of piperidine rings is 1. The predicted octanol–water partition coefficient (Wildman–Crippen LogP) is 2.16. The number of hydrogen-bond acceptors (Lipinski definition) is 1. The average molecular weight is 207 g/mol. The second-order valence-corrected chi connectivity index (χ2v) is 4.06. The van der Waals surface area contributed by atoms with Crippen LogP contribution in [0.4, 0.5) is 4.39 Å². The number of carbonyl (C=O) groups excluding carboxylic acids is 1. The fraction of sp³-hybridized carbons (Fsp3) is 0.417. The van der Waals surface area contributed by atoms with Gasteiger partial charge >= 0.3 is 0 Å². The Hall–Kier alpha value is -1.38. The number of carbonyl (C=O) groups is 1. The molecule has 1 aliphatic rings. The van der Waals surface area contributed by atoms with E-state index in [1.165, 1.54) is 12.1 Å². The number of rotatable bonds is 1. The Morgan fingerprint density at radius 2 is 2.00 bits per heavy atom. The van der Waals surface area contributed by atoms with Crippen molar-refractivity contribution in [3.05, 3.63) is 35.6 Å². The summed E-state index contributed by atoms with van der Waals surface area (Å²) in [7, 11) is 1.82. The number of amides is 1. The number of likely N-dealkylation sites (tertiary alicyclic amines) is 1. The van der Waals surface area contributed by atoms with Gasteiger partial charge in [-0.25, -0.2) is 4.39 Å². The third-order valence-electron chi connectivity index (χ3n) is 3.00. The predicted molar refractivity (Wildman–Crippen MR) is 56.0 cm³/mol. The normalized spacial score (nSPS) is 21.9. The Balaban J connectivity index is 2.12. The number of hydrogen-bond donors (Lipinski definition) is 0. The summed E-state index contributed by atoms with van der Waals surface area (Å²) >= 11 is 0. The second-order valence-electron chi connectivity index (χ2n) is 4.06. The first-order chi connectivity index (χ1) is 7.16. The van der Waals surface area contributed by atoms with Crippen molar-refractivity contribution in [2.45, 2.75) is 18.8 Å². The molecule has 0 aromatic heterocycles. The van der Waals surface area contributed by atoms with E-state index in [1.54, 1.807) is 17.0 Å². The van der Waals surface area contributed by atoms with Crippen molar-refractivity contribution >= 4 is 5.91 Å². The molecule has 0 spiro atoms. The largest absolute Gasteiger partial charge is 0.346 e. The van der Waals surface area contributed by atoms with Crippen molar-refractivity contribution < 1.29 is 9.18 Å². The minimum atomic E-state index is -0.224. The van der Waals surface area contributed by atoms with E-state index in [0.717, 1.165) is 18.5 Å². The van der Waals surface area contributed by atoms with Crippen LogP contribution < -0.4 is 0 Å². The van der Waals surface area contributed by atoms with Gasteiger partial charge in [0.1, 0.15) is 5.82 Å². The molecule has 1 aliphatic heterocycles. The van der Waals surface area contributed by atoms with Crippen molar-refractivity contribution in [3.8, 4) is 0 Å². The highest BCUT2D eigenvalue weighted by atomic mass is 19.1. The molecule has 1 aromatic rings. The maximum atomic E-state index is 12.7. The molecular weight excluding hydrogens is 193 g/mol. The van der Waals surface area contributed by atoms with Crippen molar-refractivity contribution in [2.75, 3.05) is 13.6 Å². The topological polar surface area (TPSA) is 20.3 Å². The molecule has 0 N–H and O–H groups in total. The van der Waals surface area contributed by atoms with Gasteiger partial charge in [0, 0.05) is 20.0 Å². The lowest BCUT2D eigenvalue weighted by Crippen LogP contribution is -2.34. The van der Waals surface area contributed by atoms with Crippen LogP contribution in [0, 0.1) is 5.82 Å². The first-order valence-electron chi connectivity index (χ1n) is 5.16. The lowest BCUT2D eigenvalue weighted by atomic mass is 9.89. The molecule has 3 heteroatoms. The molecule has 15 heavy (non-hydrogen) atoms. The number of benzene rings is 1. The summed E-state index contributed by atoms with van der Waals surface area (Å²) in [6.07, 6.45) is 1.51. The molecule has 0 radical (unpaired) electrons. The fourth-order valence-electron chi connectivity index (χ4n) is 1.96. The smallest absolute Gasteiger partial charge is 0.222 e. The van der Waals surface area contributed by atoms with Crippen LogP contribution >= 0.6 is 0 Å². The molecule has 1 heterocycles. The van der Waals surface area contributed by atoms with Gasteiger partial charge in [0.2, 0.25) is 5.91 Å². The Labute approximate surface area is 88.7 Å². The van der Waals surface area contributed by atoms with Gasteiger partial charge in [-0.3, -0.25) is 4.79 Å². The standard InChI is InChI=1S/C12H14FNO/c1-14-7-6-10(8-12(14)15)9-2-4-11(13)5-3-9/h2-5,10H,6-8H2,1H3/t10-/m0/s1. The lowest BCUT2D eigenvalue weighted by molar-refractivity contribution is -0.132. The van der Waals surface area contributed by atoms with Crippen LogP contribution in [0.2, 0.25) is 0 Å². The summed E-state index contributed by atoms with van der Waals surface area (Å²) in [4.78, 5) is 13.2. The molecular formula is C12H14FNO. The minimum Gasteiger partial charge on any atom is -0.346 e. The Morgan fingerprint density at radius 3 is 2.60 bits per heavy atom. The van der Waals surface area contributed by atoms with E-state index in [1.807, 2.05) is 7.05 Å². The van der Waals surface area contributed by atoms with Crippen LogP contribution in [0.15, 0.2) is 24.3 Å². The van der Waals surface area contributed by atoms with Gasteiger partial charge in [0.05, 0.1) is 0 Å². The highest BCUT2D eigenvalue weighted by molar-refractivity contribution is 5.77. The maximum Gasteiger partial charge on any atom is 0.222 e. The van der Waals surface area contributed by atoms with E-state index < -0.39 is 0 Å². The van der Waals surface area contributed by atoms with Crippen LogP contribution in [0.1, 0.15) is 24.3 Å². The SMILES string of the molecule is CN1CC[C@H](c2ccc(F)cc2)CC1=O. The Kier molecular flexibility index (Phi) is 2.71. The summed E-state index contributed by atoms with van der Waals surface area (Å²) in [5.41, 5.74) is 1.07. The van der Waals surface area contributed by atoms with Crippen LogP contribution in [0.5, 0.6) is 0 Å². The van der Waals surface area contributed by atoms with Crippen LogP contribution in [-0.4, -0.2) is 24.4 Å². The molecule has 80 valence electrons. The van der Waals surface area contributed by atoms with Crippen LogP contribution in [0.25, 0.3) is 0 Å². The summed E-state index contributed by atoms with van der Waals surface area (Å²) in [5.74, 6) is 0.211. The quantitative estimate of drug-likeness (QED) is 0.691. The van der Waals surface area contributed by atoms with E-state index in [-0.39, 0.29) is 17.6 Å². The summed E-state index contributed by atoms with van der Waals surface area (Å²) in [6, 6.07) is 6.47. The second kappa shape index (κ2) is 4.01. The van der Waals surface area contributed by atoms with E-state index in [0.29, 0.717) is 6.42 Å². The molecule has 0 aliphatic carbocycles. The minimum absolute atomic E-state index is 0.176. The zero-order valence-electron chi connectivity index (χ0n) is 8.74. The molecule has 0 unspecified atom stereocenters. The zero-order chi connectivity index (χ0) is 10.8. The third kappa shape index (κ3) is 2.17. The van der Waals surface area contributed by atoms with E-state index in [4.69, 9.17) is 0 Å². The van der Waals surface area contributed by atoms with Crippen LogP contribution in [-0.2, 0) is 4.79 Å². The summed E-state index contributed by atoms with van der Waals surface area (Å²) in [5, 5.41) is 0. The molecule has 1 fully saturated rings. The van der Waals surface area contributed by atoms with Crippen molar-refractivity contribution in [1.29, 1.82) is 0 Å². The van der Waals surface area contributed by atoms with Crippen molar-refractivity contribution in [2.24, 2.45) is 0 Å². The van der Waals surface area contributed by atoms with Crippen LogP contribution in [0.3, 0.4) is 0 Å². The highest BCUT2D eigenvalue weighted by Gasteiger charge is 2.24. The molecule has 1 aromatic carbocycles. The van der Waals surface area contributed by atoms with Gasteiger partial charge in [-0.2, -0.15) is 0 Å². The van der Waals surface area contributed by atoms with Gasteiger partial charge in [-0.1, -0.05) is 12.1 Å². The Morgan fingerprint density at radius 1 is 1.33 bits per heavy atom. The number of nitrogens with zero attached hydrogens (tertiary/aromatic N) is 1. The van der Waals surface area contributed by atoms with E-state index >= 15 is 0 Å². The first kappa shape index (κ1) is 10.1. The molecule has 2 rings (SSSR count). The molecule has 0 saturated carbocycles. The van der Waals surface area contributed by atoms with E-state index in [2.05, 4.69) is 0 Å². The van der Waals surface area contributed by atoms with Gasteiger partial charge in [0.15, 0.2) is 0 Å². The van der Waals surface area contributed by atoms with Crippen molar-refractivity contribution in [1.82, 2.24) is 4.90 Å². The molecule has 1 atom stereocenters. The fourth-order valence-corrected chi connectivity index (χ4v) is 1.96. The zero-order valence-corrected chi connectivity index (χ0v) is 8.74. The molecule has 2 nitrogen and oxygen atoms in total. The molecule has 0 bridgehead atoms. The van der Waals surface area contributed by atoms with Gasteiger partial charge in [-0.05, 0) is 30.0 Å². The Bertz CT molecular complexity index is 360. The van der Waals surface area contributed by atoms with E-state index in [9.17, 15) is 9.18 Å². The lowest BCUT2D eigenvalue weighted by Gasteiger charge is -2.28. The van der Waals surface area contributed by atoms with Gasteiger partial charge in [0.25, 0.3) is 0 Å². The van der Waals surface area contributed by atoms with Gasteiger partial charge < -0.3 is 4.90 Å². The summed E-state index contributed by atoms with van der Waals surface area (Å²) in [6.45, 7) is 0.793. The molecule has 1 saturated heterocycles. The maximum absolute atomic E-state index is 12.7. The monoisotopic (exact) mass is 207 g/mol. The van der Waals surface area contributed by atoms with Crippen molar-refractivity contribution in [3.63, 3.8) is 0 Å².